The monoisotopic (exact) mass is 320 g/mol. The van der Waals surface area contributed by atoms with Crippen LogP contribution in [0.1, 0.15) is 44.1 Å². The van der Waals surface area contributed by atoms with Gasteiger partial charge < -0.3 is 10.2 Å². The number of nitrogens with one attached hydrogen (secondary N) is 1. The summed E-state index contributed by atoms with van der Waals surface area (Å²) in [7, 11) is 0. The maximum Gasteiger partial charge on any atom is 0.230 e. The number of benzene rings is 1. The summed E-state index contributed by atoms with van der Waals surface area (Å²) in [5.74, 6) is 0.154. The second-order valence-electron chi connectivity index (χ2n) is 6.57. The van der Waals surface area contributed by atoms with Gasteiger partial charge in [0, 0.05) is 11.6 Å². The van der Waals surface area contributed by atoms with Gasteiger partial charge in [-0.1, -0.05) is 29.8 Å². The molecule has 1 saturated carbocycles. The Morgan fingerprint density at radius 3 is 2.59 bits per heavy atom. The van der Waals surface area contributed by atoms with Crippen LogP contribution in [0.3, 0.4) is 0 Å². The summed E-state index contributed by atoms with van der Waals surface area (Å²) < 4.78 is 0. The van der Waals surface area contributed by atoms with E-state index in [1.54, 1.807) is 0 Å². The maximum atomic E-state index is 12.5. The van der Waals surface area contributed by atoms with E-state index in [0.29, 0.717) is 5.02 Å². The van der Waals surface area contributed by atoms with Crippen molar-refractivity contribution in [3.05, 3.63) is 34.9 Å². The van der Waals surface area contributed by atoms with Crippen LogP contribution in [0.15, 0.2) is 24.3 Å². The molecule has 1 heterocycles. The average molecular weight is 321 g/mol. The third kappa shape index (κ3) is 3.47. The van der Waals surface area contributed by atoms with Gasteiger partial charge in [0.2, 0.25) is 5.91 Å². The van der Waals surface area contributed by atoms with E-state index in [4.69, 9.17) is 11.6 Å². The molecule has 22 heavy (non-hydrogen) atoms. The molecule has 1 aliphatic heterocycles. The molecular formula is C18H25ClN2O. The topological polar surface area (TPSA) is 32.3 Å². The van der Waals surface area contributed by atoms with Gasteiger partial charge in [0.05, 0.1) is 5.41 Å². The molecule has 0 aromatic heterocycles. The molecule has 0 radical (unpaired) electrons. The van der Waals surface area contributed by atoms with Crippen molar-refractivity contribution >= 4 is 17.5 Å². The van der Waals surface area contributed by atoms with Gasteiger partial charge in [0.1, 0.15) is 0 Å². The van der Waals surface area contributed by atoms with Gasteiger partial charge in [0.15, 0.2) is 0 Å². The van der Waals surface area contributed by atoms with Gasteiger partial charge in [-0.05, 0) is 69.8 Å². The van der Waals surface area contributed by atoms with Gasteiger partial charge >= 0.3 is 0 Å². The highest BCUT2D eigenvalue weighted by Crippen LogP contribution is 2.50. The molecule has 2 aliphatic rings. The predicted molar refractivity (Wildman–Crippen MR) is 90.3 cm³/mol. The van der Waals surface area contributed by atoms with Crippen molar-refractivity contribution in [3.63, 3.8) is 0 Å². The molecule has 0 spiro atoms. The van der Waals surface area contributed by atoms with Gasteiger partial charge in [-0.2, -0.15) is 0 Å². The number of amides is 1. The van der Waals surface area contributed by atoms with Crippen LogP contribution in [-0.4, -0.2) is 37.0 Å². The smallest absolute Gasteiger partial charge is 0.230 e. The quantitative estimate of drug-likeness (QED) is 0.781. The number of rotatable bonds is 7. The van der Waals surface area contributed by atoms with Gasteiger partial charge in [-0.25, -0.2) is 0 Å². The SMILES string of the molecule is O=C(NCCCCN1CCCC1)C1(c2ccccc2Cl)CC1. The Labute approximate surface area is 138 Å². The van der Waals surface area contributed by atoms with Crippen molar-refractivity contribution in [2.24, 2.45) is 0 Å². The van der Waals surface area contributed by atoms with Crippen LogP contribution in [0.4, 0.5) is 0 Å². The van der Waals surface area contributed by atoms with Crippen molar-refractivity contribution in [2.75, 3.05) is 26.2 Å². The standard InChI is InChI=1S/C18H25ClN2O/c19-16-8-2-1-7-15(16)18(9-10-18)17(22)20-11-3-4-12-21-13-5-6-14-21/h1-2,7-8H,3-6,9-14H2,(H,20,22). The molecular weight excluding hydrogens is 296 g/mol. The zero-order valence-electron chi connectivity index (χ0n) is 13.1. The van der Waals surface area contributed by atoms with Crippen molar-refractivity contribution < 1.29 is 4.79 Å². The van der Waals surface area contributed by atoms with Crippen molar-refractivity contribution in [2.45, 2.75) is 43.9 Å². The van der Waals surface area contributed by atoms with Crippen LogP contribution >= 0.6 is 11.6 Å². The molecule has 1 aromatic rings. The van der Waals surface area contributed by atoms with E-state index < -0.39 is 0 Å². The molecule has 2 fully saturated rings. The molecule has 1 saturated heterocycles. The molecule has 3 rings (SSSR count). The number of carbonyl (C=O) groups excluding carboxylic acids is 1. The Hall–Kier alpha value is -1.06. The van der Waals surface area contributed by atoms with Gasteiger partial charge in [-0.15, -0.1) is 0 Å². The second kappa shape index (κ2) is 7.01. The zero-order chi connectivity index (χ0) is 15.4. The lowest BCUT2D eigenvalue weighted by molar-refractivity contribution is -0.123. The lowest BCUT2D eigenvalue weighted by Gasteiger charge is -2.18. The molecule has 1 aliphatic carbocycles. The molecule has 4 heteroatoms. The first-order valence-electron chi connectivity index (χ1n) is 8.48. The minimum absolute atomic E-state index is 0.154. The molecule has 0 unspecified atom stereocenters. The Morgan fingerprint density at radius 2 is 1.91 bits per heavy atom. The van der Waals surface area contributed by atoms with Crippen LogP contribution in [-0.2, 0) is 10.2 Å². The Balaban J connectivity index is 1.43. The van der Waals surface area contributed by atoms with Crippen LogP contribution in [0.5, 0.6) is 0 Å². The number of hydrogen-bond donors (Lipinski definition) is 1. The van der Waals surface area contributed by atoms with Crippen molar-refractivity contribution in [1.29, 1.82) is 0 Å². The van der Waals surface area contributed by atoms with E-state index in [0.717, 1.165) is 31.4 Å². The fraction of sp³-hybridized carbons (Fsp3) is 0.611. The number of nitrogens with zero attached hydrogens (tertiary/aromatic N) is 1. The first kappa shape index (κ1) is 15.8. The van der Waals surface area contributed by atoms with Gasteiger partial charge in [-0.3, -0.25) is 4.79 Å². The van der Waals surface area contributed by atoms with Crippen LogP contribution in [0.2, 0.25) is 5.02 Å². The van der Waals surface area contributed by atoms with Crippen molar-refractivity contribution in [1.82, 2.24) is 10.2 Å². The fourth-order valence-corrected chi connectivity index (χ4v) is 3.75. The zero-order valence-corrected chi connectivity index (χ0v) is 13.9. The highest BCUT2D eigenvalue weighted by Gasteiger charge is 2.52. The summed E-state index contributed by atoms with van der Waals surface area (Å²) in [4.78, 5) is 15.0. The Morgan fingerprint density at radius 1 is 1.18 bits per heavy atom. The van der Waals surface area contributed by atoms with Crippen LogP contribution in [0.25, 0.3) is 0 Å². The molecule has 120 valence electrons. The molecule has 1 aromatic carbocycles. The van der Waals surface area contributed by atoms with E-state index >= 15 is 0 Å². The lowest BCUT2D eigenvalue weighted by Crippen LogP contribution is -2.35. The fourth-order valence-electron chi connectivity index (χ4n) is 3.43. The minimum Gasteiger partial charge on any atom is -0.355 e. The number of likely N-dealkylation sites (tertiary alicyclic amines) is 1. The summed E-state index contributed by atoms with van der Waals surface area (Å²) >= 11 is 6.26. The number of halogens is 1. The summed E-state index contributed by atoms with van der Waals surface area (Å²) in [5, 5.41) is 3.83. The summed E-state index contributed by atoms with van der Waals surface area (Å²) in [6, 6.07) is 7.74. The Kier molecular flexibility index (Phi) is 5.04. The van der Waals surface area contributed by atoms with E-state index in [9.17, 15) is 4.79 Å². The molecule has 0 atom stereocenters. The normalized spacial score (nSPS) is 20.0. The summed E-state index contributed by atoms with van der Waals surface area (Å²) in [6.07, 6.45) is 6.74. The molecule has 3 nitrogen and oxygen atoms in total. The Bertz CT molecular complexity index is 522. The van der Waals surface area contributed by atoms with Crippen molar-refractivity contribution in [3.8, 4) is 0 Å². The van der Waals surface area contributed by atoms with Crippen LogP contribution in [0, 0.1) is 0 Å². The van der Waals surface area contributed by atoms with E-state index in [1.165, 1.54) is 38.9 Å². The first-order valence-corrected chi connectivity index (χ1v) is 8.86. The number of unbranched alkanes of at least 4 members (excludes halogenated alkanes) is 1. The minimum atomic E-state index is -0.354. The number of hydrogen-bond acceptors (Lipinski definition) is 2. The number of carbonyl (C=O) groups is 1. The van der Waals surface area contributed by atoms with Gasteiger partial charge in [0.25, 0.3) is 0 Å². The molecule has 1 amide bonds. The highest BCUT2D eigenvalue weighted by atomic mass is 35.5. The third-order valence-corrected chi connectivity index (χ3v) is 5.29. The third-order valence-electron chi connectivity index (χ3n) is 4.96. The summed E-state index contributed by atoms with van der Waals surface area (Å²) in [6.45, 7) is 4.45. The second-order valence-corrected chi connectivity index (χ2v) is 6.98. The maximum absolute atomic E-state index is 12.5. The van der Waals surface area contributed by atoms with E-state index in [-0.39, 0.29) is 11.3 Å². The molecule has 0 bridgehead atoms. The molecule has 1 N–H and O–H groups in total. The summed E-state index contributed by atoms with van der Waals surface area (Å²) in [5.41, 5.74) is 0.638. The first-order chi connectivity index (χ1) is 10.7. The lowest BCUT2D eigenvalue weighted by atomic mass is 9.95. The van der Waals surface area contributed by atoms with E-state index in [2.05, 4.69) is 10.2 Å². The largest absolute Gasteiger partial charge is 0.355 e. The average Bonchev–Trinajstić information content (AvgIpc) is 3.17. The predicted octanol–water partition coefficient (Wildman–Crippen LogP) is 3.36. The highest BCUT2D eigenvalue weighted by molar-refractivity contribution is 6.31. The van der Waals surface area contributed by atoms with Crippen LogP contribution < -0.4 is 5.32 Å². The van der Waals surface area contributed by atoms with E-state index in [1.807, 2.05) is 24.3 Å².